The average molecular weight is 513 g/mol. The van der Waals surface area contributed by atoms with Crippen molar-refractivity contribution in [3.05, 3.63) is 35.7 Å². The summed E-state index contributed by atoms with van der Waals surface area (Å²) in [5.41, 5.74) is 7.11. The average Bonchev–Trinajstić information content (AvgIpc) is 2.83. The number of hydrogen-bond donors (Lipinski definition) is 4. The zero-order valence-electron chi connectivity index (χ0n) is 22.7. The normalized spacial score (nSPS) is 14.9. The predicted octanol–water partition coefficient (Wildman–Crippen LogP) is 3.27. The molecule has 1 amide bonds. The van der Waals surface area contributed by atoms with E-state index in [2.05, 4.69) is 44.5 Å². The summed E-state index contributed by atoms with van der Waals surface area (Å²) >= 11 is 0. The van der Waals surface area contributed by atoms with E-state index in [9.17, 15) is 4.79 Å². The van der Waals surface area contributed by atoms with Crippen molar-refractivity contribution in [2.45, 2.75) is 45.3 Å². The molecule has 0 saturated carbocycles. The van der Waals surface area contributed by atoms with Gasteiger partial charge < -0.3 is 30.3 Å². The van der Waals surface area contributed by atoms with Crippen LogP contribution in [0.1, 0.15) is 44.7 Å². The van der Waals surface area contributed by atoms with Gasteiger partial charge in [0.2, 0.25) is 0 Å². The SMILES string of the molecule is COc1cc(C(=N)c2c(N)ncnc2NCCN2CCC(N(C)C)CC2)ccc1NC(=O)OC(C)(C)C. The van der Waals surface area contributed by atoms with Gasteiger partial charge >= 0.3 is 6.09 Å². The van der Waals surface area contributed by atoms with Gasteiger partial charge in [-0.3, -0.25) is 10.7 Å². The third kappa shape index (κ3) is 7.77. The lowest BCUT2D eigenvalue weighted by atomic mass is 10.0. The van der Waals surface area contributed by atoms with Crippen LogP contribution >= 0.6 is 0 Å². The molecule has 3 rings (SSSR count). The fraction of sp³-hybridized carbons (Fsp3) is 0.538. The number of amides is 1. The second kappa shape index (κ2) is 12.2. The number of rotatable bonds is 9. The molecule has 5 N–H and O–H groups in total. The Balaban J connectivity index is 1.70. The second-order valence-electron chi connectivity index (χ2n) is 10.4. The van der Waals surface area contributed by atoms with Gasteiger partial charge in [0.15, 0.2) is 0 Å². The summed E-state index contributed by atoms with van der Waals surface area (Å²) in [5.74, 6) is 1.11. The van der Waals surface area contributed by atoms with Crippen LogP contribution in [0.3, 0.4) is 0 Å². The van der Waals surface area contributed by atoms with Crippen LogP contribution in [0.2, 0.25) is 0 Å². The van der Waals surface area contributed by atoms with Gasteiger partial charge in [0.1, 0.15) is 29.3 Å². The Morgan fingerprint density at radius 3 is 2.57 bits per heavy atom. The van der Waals surface area contributed by atoms with Crippen molar-refractivity contribution < 1.29 is 14.3 Å². The van der Waals surface area contributed by atoms with Crippen LogP contribution < -0.4 is 21.1 Å². The number of nitrogen functional groups attached to an aromatic ring is 1. The molecule has 0 radical (unpaired) electrons. The maximum atomic E-state index is 12.2. The summed E-state index contributed by atoms with van der Waals surface area (Å²) in [4.78, 5) is 25.4. The van der Waals surface area contributed by atoms with E-state index < -0.39 is 11.7 Å². The standard InChI is InChI=1S/C26H40N8O3/c1-26(2,3)37-25(35)32-19-8-7-17(15-20(19)36-6)22(27)21-23(28)30-16-31-24(21)29-11-14-34-12-9-18(10-13-34)33(4)5/h7-8,15-16,18,27H,9-14H2,1-6H3,(H,32,35)(H3,28,29,30,31). The molecule has 1 aromatic carbocycles. The quantitative estimate of drug-likeness (QED) is 0.372. The van der Waals surface area contributed by atoms with Crippen LogP contribution in [0.4, 0.5) is 22.1 Å². The van der Waals surface area contributed by atoms with Crippen LogP contribution in [0, 0.1) is 5.41 Å². The van der Waals surface area contributed by atoms with Crippen molar-refractivity contribution in [3.63, 3.8) is 0 Å². The van der Waals surface area contributed by atoms with Crippen LogP contribution in [0.15, 0.2) is 24.5 Å². The number of ether oxygens (including phenoxy) is 2. The van der Waals surface area contributed by atoms with Crippen molar-refractivity contribution in [2.75, 3.05) is 63.8 Å². The van der Waals surface area contributed by atoms with E-state index >= 15 is 0 Å². The number of methoxy groups -OCH3 is 1. The van der Waals surface area contributed by atoms with Crippen molar-refractivity contribution in [3.8, 4) is 5.75 Å². The highest BCUT2D eigenvalue weighted by Gasteiger charge is 2.22. The number of anilines is 3. The summed E-state index contributed by atoms with van der Waals surface area (Å²) in [5, 5.41) is 14.9. The molecule has 1 aliphatic heterocycles. The Labute approximate surface area is 219 Å². The Hall–Kier alpha value is -3.44. The summed E-state index contributed by atoms with van der Waals surface area (Å²) in [6.07, 6.45) is 3.12. The molecule has 1 aliphatic rings. The topological polar surface area (TPSA) is 142 Å². The van der Waals surface area contributed by atoms with Crippen molar-refractivity contribution in [2.24, 2.45) is 0 Å². The van der Waals surface area contributed by atoms with Gasteiger partial charge in [-0.05, 0) is 72.9 Å². The molecule has 202 valence electrons. The van der Waals surface area contributed by atoms with E-state index in [-0.39, 0.29) is 11.5 Å². The number of aromatic nitrogens is 2. The number of carbonyl (C=O) groups excluding carboxylic acids is 1. The van der Waals surface area contributed by atoms with Gasteiger partial charge in [0.05, 0.1) is 24.1 Å². The first kappa shape index (κ1) is 28.1. The molecule has 1 aromatic heterocycles. The van der Waals surface area contributed by atoms with Gasteiger partial charge in [-0.25, -0.2) is 14.8 Å². The first-order chi connectivity index (χ1) is 17.5. The lowest BCUT2D eigenvalue weighted by Gasteiger charge is -2.35. The van der Waals surface area contributed by atoms with Crippen molar-refractivity contribution in [1.29, 1.82) is 5.41 Å². The summed E-state index contributed by atoms with van der Waals surface area (Å²) in [6.45, 7) is 9.03. The third-order valence-electron chi connectivity index (χ3n) is 6.26. The van der Waals surface area contributed by atoms with E-state index in [1.165, 1.54) is 13.4 Å². The molecule has 11 nitrogen and oxygen atoms in total. The molecule has 0 aliphatic carbocycles. The molecule has 0 spiro atoms. The van der Waals surface area contributed by atoms with E-state index in [1.54, 1.807) is 39.0 Å². The van der Waals surface area contributed by atoms with Gasteiger partial charge in [-0.2, -0.15) is 0 Å². The Kier molecular flexibility index (Phi) is 9.28. The minimum absolute atomic E-state index is 0.148. The van der Waals surface area contributed by atoms with E-state index in [1.807, 2.05) is 0 Å². The third-order valence-corrected chi connectivity index (χ3v) is 6.26. The highest BCUT2D eigenvalue weighted by Crippen LogP contribution is 2.29. The predicted molar refractivity (Wildman–Crippen MR) is 147 cm³/mol. The molecule has 2 heterocycles. The zero-order valence-corrected chi connectivity index (χ0v) is 22.7. The maximum Gasteiger partial charge on any atom is 0.412 e. The first-order valence-corrected chi connectivity index (χ1v) is 12.5. The number of nitrogens with two attached hydrogens (primary N) is 1. The van der Waals surface area contributed by atoms with Crippen molar-refractivity contribution in [1.82, 2.24) is 19.8 Å². The molecular weight excluding hydrogens is 472 g/mol. The minimum atomic E-state index is -0.629. The zero-order chi connectivity index (χ0) is 27.2. The van der Waals surface area contributed by atoms with E-state index in [4.69, 9.17) is 20.6 Å². The number of nitrogens with one attached hydrogen (secondary N) is 3. The van der Waals surface area contributed by atoms with Gasteiger partial charge in [0.25, 0.3) is 0 Å². The Morgan fingerprint density at radius 1 is 1.24 bits per heavy atom. The molecule has 0 unspecified atom stereocenters. The summed E-state index contributed by atoms with van der Waals surface area (Å²) < 4.78 is 10.8. The fourth-order valence-corrected chi connectivity index (χ4v) is 4.28. The molecule has 2 aromatic rings. The molecular formula is C26H40N8O3. The molecule has 1 fully saturated rings. The molecule has 0 bridgehead atoms. The minimum Gasteiger partial charge on any atom is -0.495 e. The molecule has 37 heavy (non-hydrogen) atoms. The number of carbonyl (C=O) groups is 1. The number of likely N-dealkylation sites (tertiary alicyclic amines) is 1. The Bertz CT molecular complexity index is 1090. The molecule has 1 saturated heterocycles. The maximum absolute atomic E-state index is 12.2. The number of piperidine rings is 1. The molecule has 0 atom stereocenters. The fourth-order valence-electron chi connectivity index (χ4n) is 4.28. The van der Waals surface area contributed by atoms with Gasteiger partial charge in [-0.15, -0.1) is 0 Å². The van der Waals surface area contributed by atoms with Crippen LogP contribution in [0.25, 0.3) is 0 Å². The van der Waals surface area contributed by atoms with Gasteiger partial charge in [-0.1, -0.05) is 6.07 Å². The largest absolute Gasteiger partial charge is 0.495 e. The van der Waals surface area contributed by atoms with Crippen molar-refractivity contribution >= 4 is 29.1 Å². The van der Waals surface area contributed by atoms with E-state index in [0.29, 0.717) is 41.0 Å². The summed E-state index contributed by atoms with van der Waals surface area (Å²) in [6, 6.07) is 5.68. The second-order valence-corrected chi connectivity index (χ2v) is 10.4. The summed E-state index contributed by atoms with van der Waals surface area (Å²) in [7, 11) is 5.77. The highest BCUT2D eigenvalue weighted by atomic mass is 16.6. The smallest absolute Gasteiger partial charge is 0.412 e. The highest BCUT2D eigenvalue weighted by molar-refractivity contribution is 6.16. The lowest BCUT2D eigenvalue weighted by Crippen LogP contribution is -2.43. The van der Waals surface area contributed by atoms with E-state index in [0.717, 1.165) is 32.5 Å². The monoisotopic (exact) mass is 512 g/mol. The van der Waals surface area contributed by atoms with Crippen LogP contribution in [-0.4, -0.2) is 90.6 Å². The van der Waals surface area contributed by atoms with Crippen LogP contribution in [-0.2, 0) is 4.74 Å². The number of hydrogen-bond acceptors (Lipinski definition) is 10. The first-order valence-electron chi connectivity index (χ1n) is 12.5. The Morgan fingerprint density at radius 2 is 1.95 bits per heavy atom. The lowest BCUT2D eigenvalue weighted by molar-refractivity contribution is 0.0635. The number of benzene rings is 1. The van der Waals surface area contributed by atoms with Crippen LogP contribution in [0.5, 0.6) is 5.75 Å². The number of nitrogens with zero attached hydrogens (tertiary/aromatic N) is 4. The molecule has 11 heteroatoms. The van der Waals surface area contributed by atoms with Gasteiger partial charge in [0, 0.05) is 24.7 Å².